The molecule has 84 valence electrons. The van der Waals surface area contributed by atoms with Gasteiger partial charge in [0.2, 0.25) is 0 Å². The number of fused-ring (bicyclic) bond motifs is 1. The van der Waals surface area contributed by atoms with Gasteiger partial charge in [0.05, 0.1) is 12.6 Å². The van der Waals surface area contributed by atoms with Gasteiger partial charge in [0.15, 0.2) is 5.78 Å². The molecule has 2 atom stereocenters. The highest BCUT2D eigenvalue weighted by molar-refractivity contribution is 5.84. The zero-order valence-electron chi connectivity index (χ0n) is 9.19. The second-order valence-electron chi connectivity index (χ2n) is 4.44. The van der Waals surface area contributed by atoms with E-state index in [0.29, 0.717) is 18.7 Å². The van der Waals surface area contributed by atoms with Crippen LogP contribution in [0.15, 0.2) is 0 Å². The van der Waals surface area contributed by atoms with Crippen LogP contribution in [0.3, 0.4) is 0 Å². The number of carbonyl (C=O) groups is 1. The third kappa shape index (κ3) is 2.56. The Balaban J connectivity index is 1.86. The minimum Gasteiger partial charge on any atom is -0.380 e. The molecule has 2 fully saturated rings. The van der Waals surface area contributed by atoms with Crippen molar-refractivity contribution in [2.75, 3.05) is 39.8 Å². The molecule has 4 nitrogen and oxygen atoms in total. The molecule has 0 spiro atoms. The molecular weight excluding hydrogens is 192 g/mol. The zero-order valence-corrected chi connectivity index (χ0v) is 9.19. The van der Waals surface area contributed by atoms with Crippen molar-refractivity contribution in [2.24, 2.45) is 0 Å². The number of rotatable bonds is 3. The third-order valence-corrected chi connectivity index (χ3v) is 3.37. The quantitative estimate of drug-likeness (QED) is 0.638. The molecule has 2 radical (unpaired) electrons. The van der Waals surface area contributed by atoms with Crippen molar-refractivity contribution < 1.29 is 9.53 Å². The monoisotopic (exact) mass is 210 g/mol. The van der Waals surface area contributed by atoms with E-state index in [0.717, 1.165) is 32.6 Å². The summed E-state index contributed by atoms with van der Waals surface area (Å²) in [7, 11) is 1.77. The first-order valence-electron chi connectivity index (χ1n) is 5.46. The molecule has 0 N–H and O–H groups in total. The summed E-state index contributed by atoms with van der Waals surface area (Å²) in [6.45, 7) is 9.53. The standard InChI is InChI=1S/C11H18N2O2/c1-9(14)6-12-3-4-13-8-11(15-2)5-10(13)7-12/h1,10-11H,3-8H2,2H3/t10-,11+/m0/s1. The van der Waals surface area contributed by atoms with Gasteiger partial charge >= 0.3 is 0 Å². The summed E-state index contributed by atoms with van der Waals surface area (Å²) in [5.74, 6) is -0.232. The Hall–Kier alpha value is -0.450. The fourth-order valence-corrected chi connectivity index (χ4v) is 2.60. The van der Waals surface area contributed by atoms with Crippen LogP contribution in [0, 0.1) is 6.92 Å². The molecule has 4 heteroatoms. The van der Waals surface area contributed by atoms with Crippen LogP contribution in [0.25, 0.3) is 0 Å². The van der Waals surface area contributed by atoms with Gasteiger partial charge in [-0.15, -0.1) is 0 Å². The normalized spacial score (nSPS) is 32.9. The molecule has 0 bridgehead atoms. The average Bonchev–Trinajstić information content (AvgIpc) is 2.58. The van der Waals surface area contributed by atoms with Gasteiger partial charge in [-0.05, 0) is 6.42 Å². The summed E-state index contributed by atoms with van der Waals surface area (Å²) < 4.78 is 5.37. The summed E-state index contributed by atoms with van der Waals surface area (Å²) in [6, 6.07) is 0.544. The van der Waals surface area contributed by atoms with E-state index in [1.54, 1.807) is 7.11 Å². The summed E-state index contributed by atoms with van der Waals surface area (Å²) in [5, 5.41) is 0. The lowest BCUT2D eigenvalue weighted by Gasteiger charge is -2.36. The van der Waals surface area contributed by atoms with Gasteiger partial charge in [-0.2, -0.15) is 0 Å². The number of piperazine rings is 1. The topological polar surface area (TPSA) is 32.8 Å². The van der Waals surface area contributed by atoms with E-state index in [1.165, 1.54) is 0 Å². The maximum absolute atomic E-state index is 10.8. The Labute approximate surface area is 91.2 Å². The van der Waals surface area contributed by atoms with Gasteiger partial charge in [0, 0.05) is 46.3 Å². The third-order valence-electron chi connectivity index (χ3n) is 3.37. The van der Waals surface area contributed by atoms with E-state index in [1.807, 2.05) is 0 Å². The summed E-state index contributed by atoms with van der Waals surface area (Å²) in [6.07, 6.45) is 1.44. The van der Waals surface area contributed by atoms with Crippen LogP contribution in [0.2, 0.25) is 0 Å². The highest BCUT2D eigenvalue weighted by Crippen LogP contribution is 2.23. The number of hydrogen-bond acceptors (Lipinski definition) is 4. The number of ether oxygens (including phenoxy) is 1. The lowest BCUT2D eigenvalue weighted by atomic mass is 10.1. The fourth-order valence-electron chi connectivity index (χ4n) is 2.60. The molecule has 15 heavy (non-hydrogen) atoms. The first-order valence-corrected chi connectivity index (χ1v) is 5.46. The van der Waals surface area contributed by atoms with Gasteiger partial charge < -0.3 is 4.74 Å². The Morgan fingerprint density at radius 3 is 2.93 bits per heavy atom. The number of Topliss-reactive ketones (excluding diaryl/α,β-unsaturated/α-hetero) is 1. The van der Waals surface area contributed by atoms with E-state index < -0.39 is 0 Å². The number of carbonyl (C=O) groups excluding carboxylic acids is 1. The Kier molecular flexibility index (Phi) is 3.38. The summed E-state index contributed by atoms with van der Waals surface area (Å²) in [5.41, 5.74) is 0. The molecule has 0 aromatic rings. The Morgan fingerprint density at radius 1 is 1.47 bits per heavy atom. The Bertz CT molecular complexity index is 245. The lowest BCUT2D eigenvalue weighted by Crippen LogP contribution is -2.51. The molecule has 0 aliphatic carbocycles. The molecule has 2 heterocycles. The predicted octanol–water partition coefficient (Wildman–Crippen LogP) is -0.329. The van der Waals surface area contributed by atoms with Crippen LogP contribution >= 0.6 is 0 Å². The van der Waals surface area contributed by atoms with Gasteiger partial charge in [0.1, 0.15) is 0 Å². The molecule has 0 aromatic carbocycles. The second-order valence-corrected chi connectivity index (χ2v) is 4.44. The zero-order chi connectivity index (χ0) is 10.8. The maximum atomic E-state index is 10.8. The predicted molar refractivity (Wildman–Crippen MR) is 56.5 cm³/mol. The van der Waals surface area contributed by atoms with Crippen molar-refractivity contribution in [3.8, 4) is 0 Å². The molecule has 2 rings (SSSR count). The van der Waals surface area contributed by atoms with Gasteiger partial charge in [0.25, 0.3) is 0 Å². The van der Waals surface area contributed by atoms with Crippen LogP contribution in [0.4, 0.5) is 0 Å². The lowest BCUT2D eigenvalue weighted by molar-refractivity contribution is -0.116. The van der Waals surface area contributed by atoms with Crippen LogP contribution < -0.4 is 0 Å². The van der Waals surface area contributed by atoms with E-state index >= 15 is 0 Å². The molecular formula is C11H18N2O2. The van der Waals surface area contributed by atoms with Crippen LogP contribution in [-0.4, -0.2) is 67.6 Å². The molecule has 2 aliphatic rings. The van der Waals surface area contributed by atoms with Crippen LogP contribution in [0.1, 0.15) is 6.42 Å². The van der Waals surface area contributed by atoms with Gasteiger partial charge in [-0.3, -0.25) is 14.6 Å². The number of ketones is 1. The van der Waals surface area contributed by atoms with Crippen molar-refractivity contribution >= 4 is 5.78 Å². The Morgan fingerprint density at radius 2 is 2.27 bits per heavy atom. The smallest absolute Gasteiger partial charge is 0.151 e. The number of methoxy groups -OCH3 is 1. The van der Waals surface area contributed by atoms with E-state index in [9.17, 15) is 4.79 Å². The molecule has 2 aliphatic heterocycles. The van der Waals surface area contributed by atoms with Crippen molar-refractivity contribution in [1.82, 2.24) is 9.80 Å². The average molecular weight is 210 g/mol. The van der Waals surface area contributed by atoms with Crippen LogP contribution in [-0.2, 0) is 9.53 Å². The summed E-state index contributed by atoms with van der Waals surface area (Å²) in [4.78, 5) is 15.4. The summed E-state index contributed by atoms with van der Waals surface area (Å²) >= 11 is 0. The minimum atomic E-state index is -0.232. The van der Waals surface area contributed by atoms with Crippen molar-refractivity contribution in [2.45, 2.75) is 18.6 Å². The molecule has 0 unspecified atom stereocenters. The van der Waals surface area contributed by atoms with E-state index in [2.05, 4.69) is 9.80 Å². The van der Waals surface area contributed by atoms with Crippen LogP contribution in [0.5, 0.6) is 0 Å². The van der Waals surface area contributed by atoms with Crippen molar-refractivity contribution in [3.63, 3.8) is 0 Å². The number of nitrogens with zero attached hydrogens (tertiary/aromatic N) is 2. The second kappa shape index (κ2) is 4.60. The first-order chi connectivity index (χ1) is 7.19. The molecule has 2 saturated heterocycles. The molecule has 0 amide bonds. The van der Waals surface area contributed by atoms with Crippen molar-refractivity contribution in [1.29, 1.82) is 0 Å². The maximum Gasteiger partial charge on any atom is 0.151 e. The fraction of sp³-hybridized carbons (Fsp3) is 0.818. The first kappa shape index (κ1) is 11.0. The van der Waals surface area contributed by atoms with E-state index in [-0.39, 0.29) is 5.78 Å². The largest absolute Gasteiger partial charge is 0.380 e. The van der Waals surface area contributed by atoms with Gasteiger partial charge in [-0.1, -0.05) is 0 Å². The van der Waals surface area contributed by atoms with Gasteiger partial charge in [-0.25, -0.2) is 0 Å². The highest BCUT2D eigenvalue weighted by atomic mass is 16.5. The highest BCUT2D eigenvalue weighted by Gasteiger charge is 2.36. The van der Waals surface area contributed by atoms with Crippen molar-refractivity contribution in [3.05, 3.63) is 6.92 Å². The minimum absolute atomic E-state index is 0.232. The SMILES string of the molecule is [CH]C(=O)CN1CCN2C[C@H](OC)C[C@H]2C1. The molecule has 0 saturated carbocycles. The number of hydrogen-bond donors (Lipinski definition) is 0. The molecule has 0 aromatic heterocycles. The van der Waals surface area contributed by atoms with E-state index in [4.69, 9.17) is 11.7 Å².